The topological polar surface area (TPSA) is 26.0 Å². The first-order valence-electron chi connectivity index (χ1n) is 6.26. The number of rotatable bonds is 2. The maximum Gasteiger partial charge on any atom is 0.0595 e. The molecule has 1 aromatic carbocycles. The molecular weight excluding hydrogens is 253 g/mol. The van der Waals surface area contributed by atoms with Gasteiger partial charge in [0.25, 0.3) is 0 Å². The molecule has 1 aromatic rings. The van der Waals surface area contributed by atoms with E-state index in [1.54, 1.807) is 0 Å². The molecule has 1 nitrogen and oxygen atoms in total. The van der Waals surface area contributed by atoms with E-state index in [9.17, 15) is 0 Å². The van der Waals surface area contributed by atoms with Gasteiger partial charge in [0.15, 0.2) is 0 Å². The van der Waals surface area contributed by atoms with Crippen molar-refractivity contribution in [1.82, 2.24) is 0 Å². The number of benzene rings is 1. The van der Waals surface area contributed by atoms with Crippen LogP contribution in [0.4, 0.5) is 0 Å². The van der Waals surface area contributed by atoms with E-state index in [2.05, 4.69) is 13.0 Å². The second-order valence-electron chi connectivity index (χ2n) is 5.14. The molecule has 1 aliphatic rings. The molecular formula is C14H19Cl2N. The second-order valence-corrected chi connectivity index (χ2v) is 5.95. The average molecular weight is 272 g/mol. The van der Waals surface area contributed by atoms with Crippen LogP contribution in [-0.2, 0) is 5.41 Å². The van der Waals surface area contributed by atoms with Crippen LogP contribution in [0.5, 0.6) is 0 Å². The van der Waals surface area contributed by atoms with E-state index in [4.69, 9.17) is 28.9 Å². The van der Waals surface area contributed by atoms with Gasteiger partial charge in [-0.3, -0.25) is 0 Å². The molecule has 1 aliphatic carbocycles. The molecule has 3 heteroatoms. The van der Waals surface area contributed by atoms with Gasteiger partial charge < -0.3 is 5.73 Å². The van der Waals surface area contributed by atoms with Crippen molar-refractivity contribution in [2.45, 2.75) is 38.0 Å². The molecule has 0 unspecified atom stereocenters. The Balaban J connectivity index is 2.42. The molecule has 1 fully saturated rings. The molecule has 0 amide bonds. The van der Waals surface area contributed by atoms with Crippen LogP contribution < -0.4 is 5.73 Å². The number of hydrogen-bond donors (Lipinski definition) is 1. The van der Waals surface area contributed by atoms with E-state index in [0.717, 1.165) is 6.42 Å². The van der Waals surface area contributed by atoms with Crippen molar-refractivity contribution in [3.05, 3.63) is 33.8 Å². The number of hydrogen-bond acceptors (Lipinski definition) is 1. The molecule has 0 radical (unpaired) electrons. The van der Waals surface area contributed by atoms with Crippen LogP contribution >= 0.6 is 23.2 Å². The van der Waals surface area contributed by atoms with Crippen LogP contribution in [0.15, 0.2) is 18.2 Å². The molecule has 0 saturated heterocycles. The fourth-order valence-electron chi connectivity index (χ4n) is 3.07. The van der Waals surface area contributed by atoms with Crippen LogP contribution in [-0.4, -0.2) is 6.54 Å². The molecule has 0 aromatic heterocycles. The summed E-state index contributed by atoms with van der Waals surface area (Å²) in [6.07, 6.45) is 4.96. The van der Waals surface area contributed by atoms with Crippen LogP contribution in [0.25, 0.3) is 0 Å². The minimum Gasteiger partial charge on any atom is -0.330 e. The van der Waals surface area contributed by atoms with Crippen molar-refractivity contribution >= 4 is 23.2 Å². The standard InChI is InChI=1S/C14H19Cl2N/c1-10-4-2-3-7-14(10,9-17)11-5-6-12(15)13(16)8-11/h5-6,8,10H,2-4,7,9,17H2,1H3/t10-,14+/m1/s1. The lowest BCUT2D eigenvalue weighted by atomic mass is 9.63. The zero-order chi connectivity index (χ0) is 12.5. The fourth-order valence-corrected chi connectivity index (χ4v) is 3.37. The summed E-state index contributed by atoms with van der Waals surface area (Å²) in [6.45, 7) is 2.99. The van der Waals surface area contributed by atoms with Crippen molar-refractivity contribution in [2.24, 2.45) is 11.7 Å². The molecule has 2 atom stereocenters. The van der Waals surface area contributed by atoms with Gasteiger partial charge in [0.1, 0.15) is 0 Å². The lowest BCUT2D eigenvalue weighted by Gasteiger charge is -2.42. The van der Waals surface area contributed by atoms with E-state index in [1.807, 2.05) is 12.1 Å². The highest BCUT2D eigenvalue weighted by Gasteiger charge is 2.38. The molecule has 0 spiro atoms. The van der Waals surface area contributed by atoms with Crippen LogP contribution in [0, 0.1) is 5.92 Å². The van der Waals surface area contributed by atoms with E-state index in [-0.39, 0.29) is 5.41 Å². The summed E-state index contributed by atoms with van der Waals surface area (Å²) in [5, 5.41) is 1.25. The first-order chi connectivity index (χ1) is 8.10. The summed E-state index contributed by atoms with van der Waals surface area (Å²) in [7, 11) is 0. The van der Waals surface area contributed by atoms with Crippen LogP contribution in [0.1, 0.15) is 38.2 Å². The molecule has 2 rings (SSSR count). The van der Waals surface area contributed by atoms with E-state index >= 15 is 0 Å². The summed E-state index contributed by atoms with van der Waals surface area (Å²) in [6, 6.07) is 5.97. The number of halogens is 2. The highest BCUT2D eigenvalue weighted by Crippen LogP contribution is 2.44. The van der Waals surface area contributed by atoms with E-state index < -0.39 is 0 Å². The van der Waals surface area contributed by atoms with Gasteiger partial charge in [0.2, 0.25) is 0 Å². The highest BCUT2D eigenvalue weighted by molar-refractivity contribution is 6.42. The van der Waals surface area contributed by atoms with Crippen molar-refractivity contribution in [3.63, 3.8) is 0 Å². The van der Waals surface area contributed by atoms with Crippen molar-refractivity contribution < 1.29 is 0 Å². The Morgan fingerprint density at radius 2 is 2.06 bits per heavy atom. The molecule has 94 valence electrons. The van der Waals surface area contributed by atoms with Gasteiger partial charge in [-0.15, -0.1) is 0 Å². The Hall–Kier alpha value is -0.240. The molecule has 2 N–H and O–H groups in total. The second kappa shape index (κ2) is 5.17. The summed E-state index contributed by atoms with van der Waals surface area (Å²) >= 11 is 12.1. The normalized spacial score (nSPS) is 29.3. The van der Waals surface area contributed by atoms with Gasteiger partial charge in [-0.25, -0.2) is 0 Å². The van der Waals surface area contributed by atoms with Gasteiger partial charge in [-0.05, 0) is 36.5 Å². The van der Waals surface area contributed by atoms with Crippen molar-refractivity contribution in [1.29, 1.82) is 0 Å². The first kappa shape index (κ1) is 13.2. The zero-order valence-electron chi connectivity index (χ0n) is 10.2. The summed E-state index contributed by atoms with van der Waals surface area (Å²) in [4.78, 5) is 0. The Morgan fingerprint density at radius 1 is 1.29 bits per heavy atom. The summed E-state index contributed by atoms with van der Waals surface area (Å²) in [5.74, 6) is 0.610. The quantitative estimate of drug-likeness (QED) is 0.848. The Bertz CT molecular complexity index is 405. The predicted molar refractivity (Wildman–Crippen MR) is 74.8 cm³/mol. The first-order valence-corrected chi connectivity index (χ1v) is 7.01. The smallest absolute Gasteiger partial charge is 0.0595 e. The largest absolute Gasteiger partial charge is 0.330 e. The minimum atomic E-state index is 0.0898. The molecule has 1 saturated carbocycles. The maximum absolute atomic E-state index is 6.13. The van der Waals surface area contributed by atoms with E-state index in [1.165, 1.54) is 24.8 Å². The minimum absolute atomic E-state index is 0.0898. The monoisotopic (exact) mass is 271 g/mol. The maximum atomic E-state index is 6.13. The average Bonchev–Trinajstić information content (AvgIpc) is 2.34. The third-order valence-electron chi connectivity index (χ3n) is 4.31. The van der Waals surface area contributed by atoms with Crippen LogP contribution in [0.2, 0.25) is 10.0 Å². The third kappa shape index (κ3) is 2.33. The van der Waals surface area contributed by atoms with Gasteiger partial charge in [0.05, 0.1) is 10.0 Å². The molecule has 17 heavy (non-hydrogen) atoms. The lowest BCUT2D eigenvalue weighted by molar-refractivity contribution is 0.207. The Kier molecular flexibility index (Phi) is 4.02. The van der Waals surface area contributed by atoms with Gasteiger partial charge >= 0.3 is 0 Å². The predicted octanol–water partition coefficient (Wildman–Crippen LogP) is 4.40. The van der Waals surface area contributed by atoms with Gasteiger partial charge in [-0.1, -0.05) is 49.0 Å². The van der Waals surface area contributed by atoms with Crippen molar-refractivity contribution in [2.75, 3.05) is 6.54 Å². The van der Waals surface area contributed by atoms with E-state index in [0.29, 0.717) is 22.5 Å². The highest BCUT2D eigenvalue weighted by atomic mass is 35.5. The third-order valence-corrected chi connectivity index (χ3v) is 5.05. The zero-order valence-corrected chi connectivity index (χ0v) is 11.7. The van der Waals surface area contributed by atoms with Crippen molar-refractivity contribution in [3.8, 4) is 0 Å². The Labute approximate surface area is 113 Å². The summed E-state index contributed by atoms with van der Waals surface area (Å²) in [5.41, 5.74) is 7.41. The van der Waals surface area contributed by atoms with Gasteiger partial charge in [0, 0.05) is 12.0 Å². The Morgan fingerprint density at radius 3 is 2.65 bits per heavy atom. The van der Waals surface area contributed by atoms with Crippen LogP contribution in [0.3, 0.4) is 0 Å². The number of nitrogens with two attached hydrogens (primary N) is 1. The lowest BCUT2D eigenvalue weighted by Crippen LogP contribution is -2.43. The molecule has 0 heterocycles. The molecule has 0 bridgehead atoms. The summed E-state index contributed by atoms with van der Waals surface area (Å²) < 4.78 is 0. The molecule has 0 aliphatic heterocycles. The van der Waals surface area contributed by atoms with Gasteiger partial charge in [-0.2, -0.15) is 0 Å². The fraction of sp³-hybridized carbons (Fsp3) is 0.571. The SMILES string of the molecule is C[C@@H]1CCCC[C@@]1(CN)c1ccc(Cl)c(Cl)c1.